The van der Waals surface area contributed by atoms with Crippen LogP contribution >= 0.6 is 0 Å². The molecule has 15 heavy (non-hydrogen) atoms. The smallest absolute Gasteiger partial charge is 0.412 e. The first-order chi connectivity index (χ1) is 7.11. The van der Waals surface area contributed by atoms with Crippen molar-refractivity contribution in [1.82, 2.24) is 15.0 Å². The number of carbonyl (C=O) groups excluding carboxylic acids is 2. The minimum Gasteiger partial charge on any atom is -0.450 e. The van der Waals surface area contributed by atoms with Crippen molar-refractivity contribution in [2.24, 2.45) is 5.73 Å². The van der Waals surface area contributed by atoms with Crippen LogP contribution in [-0.4, -0.2) is 33.6 Å². The van der Waals surface area contributed by atoms with Gasteiger partial charge in [0.15, 0.2) is 5.82 Å². The standard InChI is InChI=1S/C7H11N5O3/c1-2-15-7(14)9-6-4-12(11-10-6)3-5(8)13/h4H,2-3H2,1H3,(H2,8,13)(H,9,14). The third kappa shape index (κ3) is 3.63. The van der Waals surface area contributed by atoms with Crippen LogP contribution in [0.15, 0.2) is 6.20 Å². The maximum Gasteiger partial charge on any atom is 0.412 e. The Hall–Kier alpha value is -2.12. The molecule has 0 aliphatic heterocycles. The molecule has 0 unspecified atom stereocenters. The Kier molecular flexibility index (Phi) is 3.61. The third-order valence-electron chi connectivity index (χ3n) is 1.36. The Morgan fingerprint density at radius 3 is 3.00 bits per heavy atom. The van der Waals surface area contributed by atoms with Crippen molar-refractivity contribution in [3.8, 4) is 0 Å². The molecule has 0 aliphatic carbocycles. The number of hydrogen-bond donors (Lipinski definition) is 2. The number of amides is 2. The van der Waals surface area contributed by atoms with Crippen LogP contribution in [0.5, 0.6) is 0 Å². The van der Waals surface area contributed by atoms with Gasteiger partial charge in [0.2, 0.25) is 5.91 Å². The topological polar surface area (TPSA) is 112 Å². The highest BCUT2D eigenvalue weighted by atomic mass is 16.5. The predicted octanol–water partition coefficient (Wildman–Crippen LogP) is -0.668. The van der Waals surface area contributed by atoms with E-state index in [1.165, 1.54) is 10.9 Å². The Balaban J connectivity index is 2.52. The summed E-state index contributed by atoms with van der Waals surface area (Å²) in [7, 11) is 0. The molecule has 3 N–H and O–H groups in total. The number of nitrogens with one attached hydrogen (secondary N) is 1. The zero-order valence-electron chi connectivity index (χ0n) is 8.14. The summed E-state index contributed by atoms with van der Waals surface area (Å²) < 4.78 is 5.83. The van der Waals surface area contributed by atoms with Crippen molar-refractivity contribution in [3.05, 3.63) is 6.20 Å². The fraction of sp³-hybridized carbons (Fsp3) is 0.429. The monoisotopic (exact) mass is 213 g/mol. The van der Waals surface area contributed by atoms with Gasteiger partial charge in [0.25, 0.3) is 0 Å². The predicted molar refractivity (Wildman–Crippen MR) is 49.9 cm³/mol. The van der Waals surface area contributed by atoms with Crippen molar-refractivity contribution < 1.29 is 14.3 Å². The second-order valence-corrected chi connectivity index (χ2v) is 2.61. The van der Waals surface area contributed by atoms with Gasteiger partial charge in [0.05, 0.1) is 12.8 Å². The summed E-state index contributed by atoms with van der Waals surface area (Å²) in [5.41, 5.74) is 4.94. The summed E-state index contributed by atoms with van der Waals surface area (Å²) in [6.07, 6.45) is 0.755. The van der Waals surface area contributed by atoms with Crippen molar-refractivity contribution in [3.63, 3.8) is 0 Å². The highest BCUT2D eigenvalue weighted by molar-refractivity contribution is 5.83. The van der Waals surface area contributed by atoms with E-state index in [-0.39, 0.29) is 19.0 Å². The van der Waals surface area contributed by atoms with E-state index in [2.05, 4.69) is 20.4 Å². The van der Waals surface area contributed by atoms with Crippen LogP contribution in [0.4, 0.5) is 10.6 Å². The number of hydrogen-bond acceptors (Lipinski definition) is 5. The molecule has 0 aliphatic rings. The van der Waals surface area contributed by atoms with Gasteiger partial charge < -0.3 is 10.5 Å². The van der Waals surface area contributed by atoms with Gasteiger partial charge in [-0.05, 0) is 6.92 Å². The molecule has 8 heteroatoms. The van der Waals surface area contributed by atoms with Gasteiger partial charge in [-0.2, -0.15) is 0 Å². The lowest BCUT2D eigenvalue weighted by atomic mass is 10.6. The second kappa shape index (κ2) is 4.94. The summed E-state index contributed by atoms with van der Waals surface area (Å²) in [5.74, 6) is -0.336. The number of ether oxygens (including phenoxy) is 1. The molecule has 1 rings (SSSR count). The molecular formula is C7H11N5O3. The summed E-state index contributed by atoms with van der Waals surface area (Å²) in [5, 5.41) is 9.48. The lowest BCUT2D eigenvalue weighted by molar-refractivity contribution is -0.118. The van der Waals surface area contributed by atoms with E-state index in [1.54, 1.807) is 6.92 Å². The summed E-state index contributed by atoms with van der Waals surface area (Å²) in [6, 6.07) is 0. The molecule has 2 amide bonds. The lowest BCUT2D eigenvalue weighted by Crippen LogP contribution is -2.19. The Labute approximate surface area is 85.4 Å². The molecular weight excluding hydrogens is 202 g/mol. The van der Waals surface area contributed by atoms with Crippen LogP contribution < -0.4 is 11.1 Å². The van der Waals surface area contributed by atoms with Crippen molar-refractivity contribution in [1.29, 1.82) is 0 Å². The summed E-state index contributed by atoms with van der Waals surface area (Å²) in [4.78, 5) is 21.5. The Bertz CT molecular complexity index is 361. The molecule has 8 nitrogen and oxygen atoms in total. The molecule has 0 fully saturated rings. The first-order valence-electron chi connectivity index (χ1n) is 4.24. The highest BCUT2D eigenvalue weighted by Crippen LogP contribution is 2.00. The number of primary amides is 1. The minimum absolute atomic E-state index is 0.0858. The van der Waals surface area contributed by atoms with Gasteiger partial charge in [-0.1, -0.05) is 5.21 Å². The normalized spacial score (nSPS) is 9.67. The van der Waals surface area contributed by atoms with E-state index in [1.807, 2.05) is 0 Å². The number of nitrogens with zero attached hydrogens (tertiary/aromatic N) is 3. The van der Waals surface area contributed by atoms with Crippen LogP contribution in [0.25, 0.3) is 0 Å². The van der Waals surface area contributed by atoms with E-state index in [4.69, 9.17) is 5.73 Å². The van der Waals surface area contributed by atoms with E-state index in [0.717, 1.165) is 0 Å². The van der Waals surface area contributed by atoms with Gasteiger partial charge in [-0.25, -0.2) is 9.48 Å². The average molecular weight is 213 g/mol. The number of anilines is 1. The first kappa shape index (κ1) is 11.0. The largest absolute Gasteiger partial charge is 0.450 e. The summed E-state index contributed by atoms with van der Waals surface area (Å²) in [6.45, 7) is 1.86. The molecule has 0 bridgehead atoms. The zero-order chi connectivity index (χ0) is 11.3. The van der Waals surface area contributed by atoms with Gasteiger partial charge >= 0.3 is 6.09 Å². The first-order valence-corrected chi connectivity index (χ1v) is 4.24. The highest BCUT2D eigenvalue weighted by Gasteiger charge is 2.06. The Morgan fingerprint density at radius 1 is 1.67 bits per heavy atom. The van der Waals surface area contributed by atoms with Gasteiger partial charge in [-0.15, -0.1) is 5.10 Å². The molecule has 1 aromatic rings. The number of carbonyl (C=O) groups is 2. The van der Waals surface area contributed by atoms with Crippen LogP contribution in [0, 0.1) is 0 Å². The van der Waals surface area contributed by atoms with Gasteiger partial charge in [0, 0.05) is 0 Å². The van der Waals surface area contributed by atoms with Crippen LogP contribution in [0.1, 0.15) is 6.92 Å². The molecule has 1 aromatic heterocycles. The van der Waals surface area contributed by atoms with Gasteiger partial charge in [0.1, 0.15) is 6.54 Å². The number of aromatic nitrogens is 3. The Morgan fingerprint density at radius 2 is 2.40 bits per heavy atom. The quantitative estimate of drug-likeness (QED) is 0.688. The third-order valence-corrected chi connectivity index (χ3v) is 1.36. The summed E-state index contributed by atoms with van der Waals surface area (Å²) >= 11 is 0. The van der Waals surface area contributed by atoms with E-state index in [0.29, 0.717) is 0 Å². The van der Waals surface area contributed by atoms with E-state index in [9.17, 15) is 9.59 Å². The zero-order valence-corrected chi connectivity index (χ0v) is 8.14. The van der Waals surface area contributed by atoms with E-state index < -0.39 is 12.0 Å². The number of nitrogens with two attached hydrogens (primary N) is 1. The lowest BCUT2D eigenvalue weighted by Gasteiger charge is -1.99. The average Bonchev–Trinajstić information content (AvgIpc) is 2.51. The van der Waals surface area contributed by atoms with Crippen molar-refractivity contribution in [2.45, 2.75) is 13.5 Å². The maximum atomic E-state index is 10.9. The van der Waals surface area contributed by atoms with Crippen LogP contribution in [-0.2, 0) is 16.1 Å². The number of rotatable bonds is 4. The minimum atomic E-state index is -0.622. The molecule has 0 radical (unpaired) electrons. The maximum absolute atomic E-state index is 10.9. The second-order valence-electron chi connectivity index (χ2n) is 2.61. The van der Waals surface area contributed by atoms with Crippen LogP contribution in [0.3, 0.4) is 0 Å². The fourth-order valence-corrected chi connectivity index (χ4v) is 0.864. The fourth-order valence-electron chi connectivity index (χ4n) is 0.864. The molecule has 82 valence electrons. The molecule has 0 saturated carbocycles. The van der Waals surface area contributed by atoms with Crippen LogP contribution in [0.2, 0.25) is 0 Å². The SMILES string of the molecule is CCOC(=O)Nc1cn(CC(N)=O)nn1. The van der Waals surface area contributed by atoms with Gasteiger partial charge in [-0.3, -0.25) is 10.1 Å². The molecule has 0 saturated heterocycles. The van der Waals surface area contributed by atoms with E-state index >= 15 is 0 Å². The molecule has 0 spiro atoms. The molecule has 0 atom stereocenters. The molecule has 1 heterocycles. The van der Waals surface area contributed by atoms with Crippen molar-refractivity contribution >= 4 is 17.8 Å². The molecule has 0 aromatic carbocycles. The van der Waals surface area contributed by atoms with Crippen molar-refractivity contribution in [2.75, 3.05) is 11.9 Å².